The number of anilines is 1. The molecule has 112 valence electrons. The summed E-state index contributed by atoms with van der Waals surface area (Å²) < 4.78 is 20.0. The van der Waals surface area contributed by atoms with Crippen molar-refractivity contribution in [1.29, 1.82) is 0 Å². The number of ether oxygens (including phenoxy) is 1. The van der Waals surface area contributed by atoms with Gasteiger partial charge in [0.1, 0.15) is 11.6 Å². The molecule has 0 atom stereocenters. The third-order valence-electron chi connectivity index (χ3n) is 2.94. The van der Waals surface area contributed by atoms with Gasteiger partial charge in [-0.25, -0.2) is 4.39 Å². The predicted molar refractivity (Wildman–Crippen MR) is 88.2 cm³/mol. The predicted octanol–water partition coefficient (Wildman–Crippen LogP) is 5.24. The molecule has 0 radical (unpaired) electrons. The topological polar surface area (TPSA) is 21.3 Å². The fourth-order valence-electron chi connectivity index (χ4n) is 1.86. The van der Waals surface area contributed by atoms with E-state index in [0.717, 1.165) is 21.5 Å². The molecule has 0 saturated heterocycles. The second-order valence-electron chi connectivity index (χ2n) is 5.29. The van der Waals surface area contributed by atoms with E-state index in [1.807, 2.05) is 24.3 Å². The van der Waals surface area contributed by atoms with Crippen LogP contribution in [0.25, 0.3) is 0 Å². The van der Waals surface area contributed by atoms with Crippen LogP contribution in [-0.2, 0) is 6.54 Å². The molecule has 0 unspecified atom stereocenters. The highest BCUT2D eigenvalue weighted by atomic mass is 79.9. The van der Waals surface area contributed by atoms with Crippen LogP contribution >= 0.6 is 15.9 Å². The summed E-state index contributed by atoms with van der Waals surface area (Å²) in [6.07, 6.45) is 0. The molecule has 0 amide bonds. The molecule has 2 rings (SSSR count). The lowest BCUT2D eigenvalue weighted by atomic mass is 10.2. The van der Waals surface area contributed by atoms with Crippen molar-refractivity contribution < 1.29 is 9.13 Å². The molecule has 2 nitrogen and oxygen atoms in total. The summed E-state index contributed by atoms with van der Waals surface area (Å²) >= 11 is 3.43. The molecule has 4 heteroatoms. The Balaban J connectivity index is 2.07. The SMILES string of the molecule is CC(C)COc1ccccc1NCc1cc(F)ccc1Br. The Labute approximate surface area is 133 Å². The van der Waals surface area contributed by atoms with E-state index in [1.54, 1.807) is 6.07 Å². The standard InChI is InChI=1S/C17H19BrFNO/c1-12(2)11-21-17-6-4-3-5-16(17)20-10-13-9-14(19)7-8-15(13)18/h3-9,12,20H,10-11H2,1-2H3. The maximum absolute atomic E-state index is 13.3. The van der Waals surface area contributed by atoms with Gasteiger partial charge in [0.25, 0.3) is 0 Å². The van der Waals surface area contributed by atoms with Gasteiger partial charge in [-0.2, -0.15) is 0 Å². The zero-order valence-electron chi connectivity index (χ0n) is 12.2. The molecule has 0 aliphatic heterocycles. The van der Waals surface area contributed by atoms with E-state index in [4.69, 9.17) is 4.74 Å². The first-order chi connectivity index (χ1) is 10.1. The zero-order chi connectivity index (χ0) is 15.2. The molecule has 0 bridgehead atoms. The average molecular weight is 352 g/mol. The summed E-state index contributed by atoms with van der Waals surface area (Å²) in [6, 6.07) is 12.5. The molecule has 1 N–H and O–H groups in total. The Bertz CT molecular complexity index is 601. The first-order valence-electron chi connectivity index (χ1n) is 6.96. The third kappa shape index (κ3) is 4.74. The second kappa shape index (κ2) is 7.46. The molecule has 0 aromatic heterocycles. The molecule has 21 heavy (non-hydrogen) atoms. The van der Waals surface area contributed by atoms with Crippen molar-refractivity contribution in [2.45, 2.75) is 20.4 Å². The van der Waals surface area contributed by atoms with E-state index >= 15 is 0 Å². The lowest BCUT2D eigenvalue weighted by Crippen LogP contribution is -2.07. The fourth-order valence-corrected chi connectivity index (χ4v) is 2.25. The Morgan fingerprint density at radius 3 is 2.71 bits per heavy atom. The van der Waals surface area contributed by atoms with E-state index in [0.29, 0.717) is 19.1 Å². The number of para-hydroxylation sites is 2. The van der Waals surface area contributed by atoms with Gasteiger partial charge in [-0.1, -0.05) is 41.9 Å². The molecule has 0 aliphatic rings. The summed E-state index contributed by atoms with van der Waals surface area (Å²) in [5, 5.41) is 3.30. The van der Waals surface area contributed by atoms with Crippen molar-refractivity contribution in [2.24, 2.45) is 5.92 Å². The summed E-state index contributed by atoms with van der Waals surface area (Å²) in [4.78, 5) is 0. The molecule has 0 fully saturated rings. The number of hydrogen-bond donors (Lipinski definition) is 1. The Morgan fingerprint density at radius 1 is 1.19 bits per heavy atom. The minimum atomic E-state index is -0.237. The minimum Gasteiger partial charge on any atom is -0.491 e. The van der Waals surface area contributed by atoms with Crippen LogP contribution in [0, 0.1) is 11.7 Å². The van der Waals surface area contributed by atoms with Crippen molar-refractivity contribution in [1.82, 2.24) is 0 Å². The maximum atomic E-state index is 13.3. The van der Waals surface area contributed by atoms with Gasteiger partial charge in [0.05, 0.1) is 12.3 Å². The molecule has 0 saturated carbocycles. The summed E-state index contributed by atoms with van der Waals surface area (Å²) in [7, 11) is 0. The van der Waals surface area contributed by atoms with E-state index in [2.05, 4.69) is 35.1 Å². The molecule has 0 heterocycles. The van der Waals surface area contributed by atoms with Gasteiger partial charge in [-0.05, 0) is 41.8 Å². The van der Waals surface area contributed by atoms with Crippen molar-refractivity contribution in [3.05, 3.63) is 58.3 Å². The third-order valence-corrected chi connectivity index (χ3v) is 3.71. The monoisotopic (exact) mass is 351 g/mol. The van der Waals surface area contributed by atoms with Gasteiger partial charge in [0.15, 0.2) is 0 Å². The van der Waals surface area contributed by atoms with Gasteiger partial charge < -0.3 is 10.1 Å². The maximum Gasteiger partial charge on any atom is 0.142 e. The van der Waals surface area contributed by atoms with E-state index in [9.17, 15) is 4.39 Å². The summed E-state index contributed by atoms with van der Waals surface area (Å²) in [6.45, 7) is 5.42. The van der Waals surface area contributed by atoms with Gasteiger partial charge in [0, 0.05) is 11.0 Å². The Kier molecular flexibility index (Phi) is 5.62. The molecular formula is C17H19BrFNO. The van der Waals surface area contributed by atoms with Gasteiger partial charge >= 0.3 is 0 Å². The van der Waals surface area contributed by atoms with Crippen LogP contribution in [0.4, 0.5) is 10.1 Å². The number of nitrogens with one attached hydrogen (secondary N) is 1. The molecule has 2 aromatic carbocycles. The number of hydrogen-bond acceptors (Lipinski definition) is 2. The first kappa shape index (κ1) is 15.8. The van der Waals surface area contributed by atoms with Crippen molar-refractivity contribution in [2.75, 3.05) is 11.9 Å². The largest absolute Gasteiger partial charge is 0.491 e. The normalized spacial score (nSPS) is 10.7. The van der Waals surface area contributed by atoms with E-state index < -0.39 is 0 Å². The molecule has 0 aliphatic carbocycles. The second-order valence-corrected chi connectivity index (χ2v) is 6.14. The summed E-state index contributed by atoms with van der Waals surface area (Å²) in [5.74, 6) is 1.05. The number of halogens is 2. The number of benzene rings is 2. The lowest BCUT2D eigenvalue weighted by Gasteiger charge is -2.15. The van der Waals surface area contributed by atoms with Crippen molar-refractivity contribution in [3.63, 3.8) is 0 Å². The van der Waals surface area contributed by atoms with Crippen molar-refractivity contribution >= 4 is 21.6 Å². The number of rotatable bonds is 6. The van der Waals surface area contributed by atoms with Crippen LogP contribution in [0.1, 0.15) is 19.4 Å². The Hall–Kier alpha value is -1.55. The highest BCUT2D eigenvalue weighted by Gasteiger charge is 2.06. The molecule has 2 aromatic rings. The highest BCUT2D eigenvalue weighted by Crippen LogP contribution is 2.26. The van der Waals surface area contributed by atoms with Crippen molar-refractivity contribution in [3.8, 4) is 5.75 Å². The fraction of sp³-hybridized carbons (Fsp3) is 0.294. The summed E-state index contributed by atoms with van der Waals surface area (Å²) in [5.41, 5.74) is 1.78. The minimum absolute atomic E-state index is 0.237. The highest BCUT2D eigenvalue weighted by molar-refractivity contribution is 9.10. The van der Waals surface area contributed by atoms with Gasteiger partial charge in [-0.3, -0.25) is 0 Å². The van der Waals surface area contributed by atoms with Crippen LogP contribution in [0.5, 0.6) is 5.75 Å². The van der Waals surface area contributed by atoms with Crippen LogP contribution in [0.3, 0.4) is 0 Å². The van der Waals surface area contributed by atoms with Crippen LogP contribution in [0.2, 0.25) is 0 Å². The average Bonchev–Trinajstić information content (AvgIpc) is 2.47. The molecule has 0 spiro atoms. The smallest absolute Gasteiger partial charge is 0.142 e. The Morgan fingerprint density at radius 2 is 1.95 bits per heavy atom. The van der Waals surface area contributed by atoms with Gasteiger partial charge in [-0.15, -0.1) is 0 Å². The lowest BCUT2D eigenvalue weighted by molar-refractivity contribution is 0.272. The van der Waals surface area contributed by atoms with Crippen LogP contribution in [0.15, 0.2) is 46.9 Å². The van der Waals surface area contributed by atoms with Crippen LogP contribution in [-0.4, -0.2) is 6.61 Å². The quantitative estimate of drug-likeness (QED) is 0.768. The van der Waals surface area contributed by atoms with E-state index in [-0.39, 0.29) is 5.82 Å². The molecular weight excluding hydrogens is 333 g/mol. The zero-order valence-corrected chi connectivity index (χ0v) is 13.8. The van der Waals surface area contributed by atoms with E-state index in [1.165, 1.54) is 12.1 Å². The first-order valence-corrected chi connectivity index (χ1v) is 7.75. The van der Waals surface area contributed by atoms with Gasteiger partial charge in [0.2, 0.25) is 0 Å². The van der Waals surface area contributed by atoms with Crippen LogP contribution < -0.4 is 10.1 Å².